The molecule has 0 radical (unpaired) electrons. The van der Waals surface area contributed by atoms with Gasteiger partial charge in [-0.1, -0.05) is 36.4 Å². The maximum atomic E-state index is 12.5. The molecule has 1 amide bonds. The predicted molar refractivity (Wildman–Crippen MR) is 113 cm³/mol. The van der Waals surface area contributed by atoms with E-state index in [1.165, 1.54) is 0 Å². The van der Waals surface area contributed by atoms with Gasteiger partial charge in [-0.2, -0.15) is 0 Å². The quantitative estimate of drug-likeness (QED) is 0.585. The summed E-state index contributed by atoms with van der Waals surface area (Å²) in [5.74, 6) is 1.99. The Balaban J connectivity index is 1.50. The smallest absolute Gasteiger partial charge is 0.251 e. The highest BCUT2D eigenvalue weighted by Crippen LogP contribution is 2.18. The van der Waals surface area contributed by atoms with Crippen molar-refractivity contribution in [1.29, 1.82) is 0 Å². The van der Waals surface area contributed by atoms with Crippen molar-refractivity contribution in [2.75, 3.05) is 13.7 Å². The minimum atomic E-state index is -0.166. The first kappa shape index (κ1) is 20.3. The highest BCUT2D eigenvalue weighted by atomic mass is 16.5. The van der Waals surface area contributed by atoms with E-state index in [9.17, 15) is 4.79 Å². The lowest BCUT2D eigenvalue weighted by molar-refractivity contribution is 0.0926. The van der Waals surface area contributed by atoms with Crippen LogP contribution in [0.25, 0.3) is 0 Å². The van der Waals surface area contributed by atoms with Crippen LogP contribution in [0, 0.1) is 0 Å². The Kier molecular flexibility index (Phi) is 7.11. The summed E-state index contributed by atoms with van der Waals surface area (Å²) in [5, 5.41) is 2.95. The molecule has 0 saturated carbocycles. The number of methoxy groups -OCH3 is 1. The monoisotopic (exact) mass is 391 g/mol. The van der Waals surface area contributed by atoms with Crippen molar-refractivity contribution in [2.45, 2.75) is 19.6 Å². The minimum absolute atomic E-state index is 0.154. The van der Waals surface area contributed by atoms with Crippen molar-refractivity contribution >= 4 is 5.91 Å². The lowest BCUT2D eigenvalue weighted by Gasteiger charge is -2.16. The third-order valence-electron chi connectivity index (χ3n) is 4.28. The van der Waals surface area contributed by atoms with Crippen LogP contribution in [0.1, 0.15) is 22.8 Å². The molecule has 1 N–H and O–H groups in total. The Morgan fingerprint density at radius 2 is 1.59 bits per heavy atom. The van der Waals surface area contributed by atoms with Gasteiger partial charge in [-0.15, -0.1) is 0 Å². The molecular formula is C24H25NO4. The number of amides is 1. The van der Waals surface area contributed by atoms with Gasteiger partial charge in [0.15, 0.2) is 0 Å². The van der Waals surface area contributed by atoms with Gasteiger partial charge in [0.2, 0.25) is 0 Å². The van der Waals surface area contributed by atoms with Crippen molar-refractivity contribution in [3.63, 3.8) is 0 Å². The van der Waals surface area contributed by atoms with Crippen molar-refractivity contribution in [3.8, 4) is 17.2 Å². The van der Waals surface area contributed by atoms with E-state index in [-0.39, 0.29) is 11.9 Å². The fourth-order valence-electron chi connectivity index (χ4n) is 2.71. The van der Waals surface area contributed by atoms with E-state index in [2.05, 4.69) is 5.32 Å². The zero-order valence-corrected chi connectivity index (χ0v) is 16.6. The number of rotatable bonds is 9. The van der Waals surface area contributed by atoms with Crippen LogP contribution < -0.4 is 19.5 Å². The molecule has 5 nitrogen and oxygen atoms in total. The molecule has 29 heavy (non-hydrogen) atoms. The van der Waals surface area contributed by atoms with Crippen LogP contribution in [0.2, 0.25) is 0 Å². The van der Waals surface area contributed by atoms with Gasteiger partial charge in [-0.3, -0.25) is 4.79 Å². The summed E-state index contributed by atoms with van der Waals surface area (Å²) in [6.45, 7) is 2.72. The van der Waals surface area contributed by atoms with E-state index in [0.717, 1.165) is 17.1 Å². The van der Waals surface area contributed by atoms with E-state index in [1.54, 1.807) is 19.2 Å². The molecule has 1 atom stereocenters. The molecule has 0 saturated heterocycles. The average molecular weight is 391 g/mol. The second-order valence-electron chi connectivity index (χ2n) is 6.66. The van der Waals surface area contributed by atoms with Crippen LogP contribution in [0.3, 0.4) is 0 Å². The SMILES string of the molecule is COc1ccc(OCC(C)NC(=O)c2cccc(OCc3ccccc3)c2)cc1. The Morgan fingerprint density at radius 1 is 0.862 bits per heavy atom. The van der Waals surface area contributed by atoms with Crippen LogP contribution in [-0.4, -0.2) is 25.7 Å². The molecule has 5 heteroatoms. The molecule has 0 bridgehead atoms. The molecule has 0 aromatic heterocycles. The summed E-state index contributed by atoms with van der Waals surface area (Å²) in [7, 11) is 1.62. The van der Waals surface area contributed by atoms with Crippen LogP contribution in [-0.2, 0) is 6.61 Å². The predicted octanol–water partition coefficient (Wildman–Crippen LogP) is 4.47. The summed E-state index contributed by atoms with van der Waals surface area (Å²) in [6, 6.07) is 24.3. The Bertz CT molecular complexity index is 910. The van der Waals surface area contributed by atoms with E-state index in [0.29, 0.717) is 24.5 Å². The maximum Gasteiger partial charge on any atom is 0.251 e. The van der Waals surface area contributed by atoms with Gasteiger partial charge < -0.3 is 19.5 Å². The molecule has 3 aromatic rings. The largest absolute Gasteiger partial charge is 0.497 e. The number of hydrogen-bond donors (Lipinski definition) is 1. The Hall–Kier alpha value is -3.47. The number of nitrogens with one attached hydrogen (secondary N) is 1. The summed E-state index contributed by atoms with van der Waals surface area (Å²) in [5.41, 5.74) is 1.62. The van der Waals surface area contributed by atoms with E-state index in [4.69, 9.17) is 14.2 Å². The first-order valence-electron chi connectivity index (χ1n) is 9.48. The second-order valence-corrected chi connectivity index (χ2v) is 6.66. The fourth-order valence-corrected chi connectivity index (χ4v) is 2.71. The van der Waals surface area contributed by atoms with Crippen LogP contribution in [0.4, 0.5) is 0 Å². The first-order valence-corrected chi connectivity index (χ1v) is 9.48. The number of hydrogen-bond acceptors (Lipinski definition) is 4. The molecule has 150 valence electrons. The van der Waals surface area contributed by atoms with E-state index >= 15 is 0 Å². The average Bonchev–Trinajstić information content (AvgIpc) is 2.77. The Morgan fingerprint density at radius 3 is 2.31 bits per heavy atom. The molecule has 0 aliphatic carbocycles. The minimum Gasteiger partial charge on any atom is -0.497 e. The molecule has 0 aliphatic heterocycles. The molecule has 3 aromatic carbocycles. The van der Waals surface area contributed by atoms with Gasteiger partial charge >= 0.3 is 0 Å². The zero-order chi connectivity index (χ0) is 20.5. The van der Waals surface area contributed by atoms with E-state index in [1.807, 2.05) is 73.7 Å². The van der Waals surface area contributed by atoms with Crippen LogP contribution in [0.5, 0.6) is 17.2 Å². The highest BCUT2D eigenvalue weighted by molar-refractivity contribution is 5.94. The van der Waals surface area contributed by atoms with Gasteiger partial charge in [-0.25, -0.2) is 0 Å². The molecule has 0 heterocycles. The second kappa shape index (κ2) is 10.2. The zero-order valence-electron chi connectivity index (χ0n) is 16.6. The van der Waals surface area contributed by atoms with Gasteiger partial charge in [0, 0.05) is 5.56 Å². The lowest BCUT2D eigenvalue weighted by atomic mass is 10.2. The normalized spacial score (nSPS) is 11.4. The topological polar surface area (TPSA) is 56.8 Å². The highest BCUT2D eigenvalue weighted by Gasteiger charge is 2.11. The number of carbonyl (C=O) groups is 1. The molecule has 3 rings (SSSR count). The molecule has 0 spiro atoms. The van der Waals surface area contributed by atoms with E-state index < -0.39 is 0 Å². The van der Waals surface area contributed by atoms with Gasteiger partial charge in [0.1, 0.15) is 30.5 Å². The first-order chi connectivity index (χ1) is 14.1. The molecule has 0 fully saturated rings. The summed E-state index contributed by atoms with van der Waals surface area (Å²) < 4.78 is 16.6. The number of carbonyl (C=O) groups excluding carboxylic acids is 1. The van der Waals surface area contributed by atoms with Crippen molar-refractivity contribution < 1.29 is 19.0 Å². The fraction of sp³-hybridized carbons (Fsp3) is 0.208. The van der Waals surface area contributed by atoms with Gasteiger partial charge in [-0.05, 0) is 55.0 Å². The molecule has 0 aliphatic rings. The van der Waals surface area contributed by atoms with Crippen molar-refractivity contribution in [1.82, 2.24) is 5.32 Å². The lowest BCUT2D eigenvalue weighted by Crippen LogP contribution is -2.36. The van der Waals surface area contributed by atoms with Crippen LogP contribution >= 0.6 is 0 Å². The van der Waals surface area contributed by atoms with Crippen molar-refractivity contribution in [2.24, 2.45) is 0 Å². The molecule has 1 unspecified atom stereocenters. The standard InChI is InChI=1S/C24H25NO4/c1-18(16-28-22-13-11-21(27-2)12-14-22)25-24(26)20-9-6-10-23(15-20)29-17-19-7-4-3-5-8-19/h3-15,18H,16-17H2,1-2H3,(H,25,26). The molecular weight excluding hydrogens is 366 g/mol. The maximum absolute atomic E-state index is 12.5. The summed E-state index contributed by atoms with van der Waals surface area (Å²) in [4.78, 5) is 12.5. The third kappa shape index (κ3) is 6.28. The summed E-state index contributed by atoms with van der Waals surface area (Å²) in [6.07, 6.45) is 0. The van der Waals surface area contributed by atoms with Gasteiger partial charge in [0.25, 0.3) is 5.91 Å². The Labute approximate surface area is 171 Å². The van der Waals surface area contributed by atoms with Crippen molar-refractivity contribution in [3.05, 3.63) is 90.0 Å². The van der Waals surface area contributed by atoms with Crippen LogP contribution in [0.15, 0.2) is 78.9 Å². The van der Waals surface area contributed by atoms with Gasteiger partial charge in [0.05, 0.1) is 13.2 Å². The number of ether oxygens (including phenoxy) is 3. The number of benzene rings is 3. The summed E-state index contributed by atoms with van der Waals surface area (Å²) >= 11 is 0. The third-order valence-corrected chi connectivity index (χ3v) is 4.28.